The molecule has 3 aliphatic rings. The molecule has 3 fully saturated rings. The molecule has 3 atom stereocenters. The van der Waals surface area contributed by atoms with Crippen molar-refractivity contribution >= 4 is 18.0 Å². The fourth-order valence-electron chi connectivity index (χ4n) is 8.02. The SMILES string of the molecule is C=Cc1cc(N2CC(CN3CCC(C(Cn4ccnc4)(c4cccc(F)c4)[C@H]4CCC[C@@H]4NC(=O)OC)CC3)C2)ncn1. The van der Waals surface area contributed by atoms with Gasteiger partial charge in [0, 0.05) is 62.0 Å². The van der Waals surface area contributed by atoms with E-state index in [9.17, 15) is 9.18 Å². The number of likely N-dealkylation sites (tertiary alicyclic amines) is 1. The van der Waals surface area contributed by atoms with Crippen LogP contribution in [0.3, 0.4) is 0 Å². The first kappa shape index (κ1) is 29.3. The fraction of sp³-hybridized carbons (Fsp3) is 0.515. The van der Waals surface area contributed by atoms with E-state index in [-0.39, 0.29) is 23.2 Å². The van der Waals surface area contributed by atoms with Gasteiger partial charge in [-0.25, -0.2) is 24.1 Å². The Bertz CT molecular complexity index is 1390. The number of amides is 1. The maximum Gasteiger partial charge on any atom is 0.407 e. The van der Waals surface area contributed by atoms with E-state index >= 15 is 0 Å². The molecule has 0 spiro atoms. The van der Waals surface area contributed by atoms with Crippen LogP contribution in [-0.4, -0.2) is 76.4 Å². The Kier molecular flexibility index (Phi) is 8.74. The van der Waals surface area contributed by atoms with Gasteiger partial charge in [0.25, 0.3) is 0 Å². The number of benzene rings is 1. The minimum Gasteiger partial charge on any atom is -0.453 e. The average Bonchev–Trinajstić information content (AvgIpc) is 3.70. The highest BCUT2D eigenvalue weighted by molar-refractivity contribution is 5.67. The third-order valence-corrected chi connectivity index (χ3v) is 10.0. The van der Waals surface area contributed by atoms with Crippen molar-refractivity contribution in [2.24, 2.45) is 17.8 Å². The monoisotopic (exact) mass is 587 g/mol. The molecule has 3 aromatic rings. The summed E-state index contributed by atoms with van der Waals surface area (Å²) in [5.74, 6) is 1.79. The van der Waals surface area contributed by atoms with Crippen molar-refractivity contribution in [1.82, 2.24) is 29.7 Å². The van der Waals surface area contributed by atoms with Crippen LogP contribution in [0, 0.1) is 23.6 Å². The Morgan fingerprint density at radius 2 is 2.02 bits per heavy atom. The van der Waals surface area contributed by atoms with Gasteiger partial charge in [0.05, 0.1) is 19.1 Å². The summed E-state index contributed by atoms with van der Waals surface area (Å²) in [6.07, 6.45) is 13.5. The summed E-state index contributed by atoms with van der Waals surface area (Å²) < 4.78 is 22.1. The molecule has 9 nitrogen and oxygen atoms in total. The summed E-state index contributed by atoms with van der Waals surface area (Å²) in [6.45, 7) is 9.55. The average molecular weight is 588 g/mol. The molecule has 10 heteroatoms. The molecule has 6 rings (SSSR count). The molecular formula is C33H42FN7O2. The first-order valence-electron chi connectivity index (χ1n) is 15.5. The Morgan fingerprint density at radius 3 is 2.74 bits per heavy atom. The molecule has 1 saturated carbocycles. The molecule has 43 heavy (non-hydrogen) atoms. The van der Waals surface area contributed by atoms with E-state index in [1.807, 2.05) is 24.7 Å². The van der Waals surface area contributed by atoms with Gasteiger partial charge in [-0.15, -0.1) is 0 Å². The number of carbonyl (C=O) groups excluding carboxylic acids is 1. The summed E-state index contributed by atoms with van der Waals surface area (Å²) in [7, 11) is 1.41. The van der Waals surface area contributed by atoms with Crippen molar-refractivity contribution in [3.05, 3.63) is 79.0 Å². The number of rotatable bonds is 10. The molecule has 228 valence electrons. The van der Waals surface area contributed by atoms with E-state index in [1.165, 1.54) is 13.2 Å². The van der Waals surface area contributed by atoms with E-state index in [2.05, 4.69) is 47.3 Å². The van der Waals surface area contributed by atoms with Crippen LogP contribution in [0.25, 0.3) is 6.08 Å². The van der Waals surface area contributed by atoms with Crippen molar-refractivity contribution in [1.29, 1.82) is 0 Å². The Hall–Kier alpha value is -3.79. The molecule has 1 aromatic carbocycles. The Balaban J connectivity index is 1.21. The number of nitrogens with one attached hydrogen (secondary N) is 1. The first-order valence-corrected chi connectivity index (χ1v) is 15.5. The molecule has 0 bridgehead atoms. The van der Waals surface area contributed by atoms with Crippen molar-refractivity contribution in [2.45, 2.75) is 50.1 Å². The lowest BCUT2D eigenvalue weighted by Crippen LogP contribution is -2.56. The normalized spacial score (nSPS) is 23.0. The van der Waals surface area contributed by atoms with Crippen LogP contribution in [0.4, 0.5) is 15.0 Å². The predicted molar refractivity (Wildman–Crippen MR) is 164 cm³/mol. The van der Waals surface area contributed by atoms with E-state index in [0.29, 0.717) is 18.4 Å². The molecule has 1 unspecified atom stereocenters. The second kappa shape index (κ2) is 12.8. The molecule has 2 aliphatic heterocycles. The van der Waals surface area contributed by atoms with Gasteiger partial charge in [-0.3, -0.25) is 0 Å². The van der Waals surface area contributed by atoms with Crippen LogP contribution in [0.1, 0.15) is 43.4 Å². The number of carbonyl (C=O) groups is 1. The topological polar surface area (TPSA) is 88.4 Å². The Labute approximate surface area is 253 Å². The van der Waals surface area contributed by atoms with Crippen LogP contribution in [0.5, 0.6) is 0 Å². The van der Waals surface area contributed by atoms with Crippen LogP contribution < -0.4 is 10.2 Å². The van der Waals surface area contributed by atoms with E-state index < -0.39 is 6.09 Å². The van der Waals surface area contributed by atoms with Crippen molar-refractivity contribution < 1.29 is 13.9 Å². The number of aromatic nitrogens is 4. The number of halogens is 1. The second-order valence-corrected chi connectivity index (χ2v) is 12.4. The number of methoxy groups -OCH3 is 1. The molecular weight excluding hydrogens is 545 g/mol. The highest BCUT2D eigenvalue weighted by Gasteiger charge is 2.52. The number of nitrogens with zero attached hydrogens (tertiary/aromatic N) is 6. The van der Waals surface area contributed by atoms with Gasteiger partial charge in [-0.1, -0.05) is 25.1 Å². The van der Waals surface area contributed by atoms with E-state index in [0.717, 1.165) is 81.9 Å². The maximum atomic E-state index is 14.9. The van der Waals surface area contributed by atoms with Gasteiger partial charge in [-0.05, 0) is 74.4 Å². The van der Waals surface area contributed by atoms with Gasteiger partial charge in [0.15, 0.2) is 0 Å². The van der Waals surface area contributed by atoms with Crippen molar-refractivity contribution in [3.63, 3.8) is 0 Å². The van der Waals surface area contributed by atoms with Crippen molar-refractivity contribution in [2.75, 3.05) is 44.7 Å². The molecule has 4 heterocycles. The number of hydrogen-bond donors (Lipinski definition) is 1. The third kappa shape index (κ3) is 6.16. The highest BCUT2D eigenvalue weighted by atomic mass is 19.1. The summed E-state index contributed by atoms with van der Waals surface area (Å²) in [5.41, 5.74) is 1.49. The summed E-state index contributed by atoms with van der Waals surface area (Å²) in [4.78, 5) is 30.3. The summed E-state index contributed by atoms with van der Waals surface area (Å²) in [6, 6.07) is 9.12. The highest BCUT2D eigenvalue weighted by Crippen LogP contribution is 2.51. The van der Waals surface area contributed by atoms with E-state index in [4.69, 9.17) is 4.74 Å². The summed E-state index contributed by atoms with van der Waals surface area (Å²) in [5, 5.41) is 3.15. The van der Waals surface area contributed by atoms with Crippen LogP contribution in [0.2, 0.25) is 0 Å². The zero-order valence-corrected chi connectivity index (χ0v) is 24.9. The molecule has 1 aliphatic carbocycles. The summed E-state index contributed by atoms with van der Waals surface area (Å²) >= 11 is 0. The smallest absolute Gasteiger partial charge is 0.407 e. The van der Waals surface area contributed by atoms with Crippen LogP contribution in [0.15, 0.2) is 62.0 Å². The standard InChI is InChI=1S/C33H42FN7O2/c1-3-28-17-31(37-22-36-28)41-19-24(20-41)18-39-13-10-25(11-14-39)33(21-40-15-12-35-23-40,26-6-4-7-27(34)16-26)29-8-5-9-30(29)38-32(42)43-2/h3-4,6-7,12,15-17,22-25,29-30H,1,5,8-11,13-14,18-21H2,2H3,(H,38,42)/t29-,30-,33?/m0/s1. The quantitative estimate of drug-likeness (QED) is 0.366. The minimum atomic E-state index is -0.403. The van der Waals surface area contributed by atoms with Gasteiger partial charge < -0.3 is 24.4 Å². The Morgan fingerprint density at radius 1 is 1.19 bits per heavy atom. The molecule has 2 saturated heterocycles. The zero-order chi connectivity index (χ0) is 29.8. The first-order chi connectivity index (χ1) is 21.0. The lowest BCUT2D eigenvalue weighted by Gasteiger charge is -2.51. The maximum absolute atomic E-state index is 14.9. The van der Waals surface area contributed by atoms with Crippen molar-refractivity contribution in [3.8, 4) is 0 Å². The number of alkyl carbamates (subject to hydrolysis) is 1. The molecule has 1 N–H and O–H groups in total. The van der Waals surface area contributed by atoms with Gasteiger partial charge >= 0.3 is 6.09 Å². The molecule has 1 amide bonds. The van der Waals surface area contributed by atoms with Gasteiger partial charge in [0.1, 0.15) is 18.0 Å². The van der Waals surface area contributed by atoms with Gasteiger partial charge in [-0.2, -0.15) is 0 Å². The molecule has 2 aromatic heterocycles. The van der Waals surface area contributed by atoms with Gasteiger partial charge in [0.2, 0.25) is 0 Å². The predicted octanol–water partition coefficient (Wildman–Crippen LogP) is 4.77. The second-order valence-electron chi connectivity index (χ2n) is 12.4. The number of ether oxygens (including phenoxy) is 1. The largest absolute Gasteiger partial charge is 0.453 e. The minimum absolute atomic E-state index is 0.0402. The number of anilines is 1. The van der Waals surface area contributed by atoms with Crippen LogP contribution in [-0.2, 0) is 16.7 Å². The van der Waals surface area contributed by atoms with Crippen LogP contribution >= 0.6 is 0 Å². The lowest BCUT2D eigenvalue weighted by molar-refractivity contribution is 0.0546. The lowest BCUT2D eigenvalue weighted by atomic mass is 9.58. The number of hydrogen-bond acceptors (Lipinski definition) is 7. The third-order valence-electron chi connectivity index (χ3n) is 10.0. The van der Waals surface area contributed by atoms with E-state index in [1.54, 1.807) is 24.7 Å². The molecule has 0 radical (unpaired) electrons. The number of imidazole rings is 1. The zero-order valence-electron chi connectivity index (χ0n) is 24.9. The fourth-order valence-corrected chi connectivity index (χ4v) is 8.02. The number of piperidine rings is 1.